The molecule has 0 atom stereocenters. The van der Waals surface area contributed by atoms with Gasteiger partial charge in [-0.3, -0.25) is 19.3 Å². The highest BCUT2D eigenvalue weighted by atomic mass is 16.6. The van der Waals surface area contributed by atoms with Crippen LogP contribution in [0, 0.1) is 0 Å². The molecule has 0 aromatic heterocycles. The molecule has 0 aromatic rings. The Morgan fingerprint density at radius 3 is 1.43 bits per heavy atom. The lowest BCUT2D eigenvalue weighted by Gasteiger charge is -2.21. The topological polar surface area (TPSA) is 108 Å². The zero-order chi connectivity index (χ0) is 17.7. The Morgan fingerprint density at radius 2 is 1.04 bits per heavy atom. The van der Waals surface area contributed by atoms with Gasteiger partial charge in [0.2, 0.25) is 0 Å². The highest BCUT2D eigenvalue weighted by Gasteiger charge is 2.10. The van der Waals surface area contributed by atoms with Gasteiger partial charge in [0.1, 0.15) is 19.8 Å². The Balaban J connectivity index is 4.06. The molecule has 0 amide bonds. The van der Waals surface area contributed by atoms with Gasteiger partial charge in [-0.25, -0.2) is 4.79 Å². The molecule has 0 aliphatic heterocycles. The van der Waals surface area contributed by atoms with Crippen LogP contribution in [0.15, 0.2) is 0 Å². The average Bonchev–Trinajstić information content (AvgIpc) is 2.43. The fourth-order valence-electron chi connectivity index (χ4n) is 1.46. The van der Waals surface area contributed by atoms with E-state index in [1.807, 2.05) is 4.90 Å². The van der Waals surface area contributed by atoms with Crippen LogP contribution in [0.25, 0.3) is 0 Å². The molecule has 0 aromatic carbocycles. The number of hydrogen-bond donors (Lipinski definition) is 0. The van der Waals surface area contributed by atoms with E-state index in [1.165, 1.54) is 20.8 Å². The van der Waals surface area contributed by atoms with Gasteiger partial charge in [0, 0.05) is 40.4 Å². The van der Waals surface area contributed by atoms with Gasteiger partial charge in [0.05, 0.1) is 0 Å². The lowest BCUT2D eigenvalue weighted by atomic mass is 10.4. The highest BCUT2D eigenvalue weighted by Crippen LogP contribution is 1.93. The molecule has 9 nitrogen and oxygen atoms in total. The third kappa shape index (κ3) is 14.5. The Hall–Kier alpha value is -2.16. The fraction of sp³-hybridized carbons (Fsp3) is 0.714. The predicted octanol–water partition coefficient (Wildman–Crippen LogP) is -0.479. The van der Waals surface area contributed by atoms with E-state index in [2.05, 4.69) is 4.74 Å². The predicted molar refractivity (Wildman–Crippen MR) is 77.3 cm³/mol. The van der Waals surface area contributed by atoms with Crippen LogP contribution in [-0.2, 0) is 38.1 Å². The molecule has 0 heterocycles. The summed E-state index contributed by atoms with van der Waals surface area (Å²) in [6, 6.07) is 0. The van der Waals surface area contributed by atoms with E-state index < -0.39 is 30.5 Å². The Labute approximate surface area is 134 Å². The summed E-state index contributed by atoms with van der Waals surface area (Å²) in [7, 11) is 0. The third-order valence-electron chi connectivity index (χ3n) is 2.49. The first-order valence-corrected chi connectivity index (χ1v) is 7.09. The van der Waals surface area contributed by atoms with Crippen molar-refractivity contribution in [2.75, 3.05) is 46.1 Å². The lowest BCUT2D eigenvalue weighted by molar-refractivity contribution is -0.157. The number of carbonyl (C=O) groups excluding carboxylic acids is 4. The summed E-state index contributed by atoms with van der Waals surface area (Å²) >= 11 is 0. The summed E-state index contributed by atoms with van der Waals surface area (Å²) in [6.07, 6.45) is 0. The SMILES string of the molecule is CC(=O)OCCN(CCOC(C)=O)CCOC(=O)COC(C)=O. The molecule has 132 valence electrons. The zero-order valence-corrected chi connectivity index (χ0v) is 13.7. The van der Waals surface area contributed by atoms with Crippen LogP contribution < -0.4 is 0 Å². The van der Waals surface area contributed by atoms with Crippen molar-refractivity contribution >= 4 is 23.9 Å². The molecule has 0 bridgehead atoms. The van der Waals surface area contributed by atoms with Gasteiger partial charge in [0.25, 0.3) is 0 Å². The van der Waals surface area contributed by atoms with Crippen LogP contribution in [0.2, 0.25) is 0 Å². The van der Waals surface area contributed by atoms with E-state index in [4.69, 9.17) is 14.2 Å². The van der Waals surface area contributed by atoms with E-state index in [9.17, 15) is 19.2 Å². The molecule has 0 spiro atoms. The molecule has 0 fully saturated rings. The van der Waals surface area contributed by atoms with Crippen molar-refractivity contribution in [3.05, 3.63) is 0 Å². The van der Waals surface area contributed by atoms with Gasteiger partial charge in [0.15, 0.2) is 6.61 Å². The quantitative estimate of drug-likeness (QED) is 0.366. The van der Waals surface area contributed by atoms with Gasteiger partial charge in [-0.05, 0) is 0 Å². The van der Waals surface area contributed by atoms with Crippen molar-refractivity contribution < 1.29 is 38.1 Å². The lowest BCUT2D eigenvalue weighted by Crippen LogP contribution is -2.35. The van der Waals surface area contributed by atoms with E-state index in [0.29, 0.717) is 19.6 Å². The monoisotopic (exact) mass is 333 g/mol. The number of carbonyl (C=O) groups is 4. The standard InChI is InChI=1S/C14H23NO8/c1-11(16)20-7-4-15(5-8-21-12(2)17)6-9-22-14(19)10-23-13(3)18/h4-10H2,1-3H3. The third-order valence-corrected chi connectivity index (χ3v) is 2.49. The summed E-state index contributed by atoms with van der Waals surface area (Å²) in [6.45, 7) is 4.96. The maximum absolute atomic E-state index is 11.3. The van der Waals surface area contributed by atoms with Gasteiger partial charge >= 0.3 is 23.9 Å². The van der Waals surface area contributed by atoms with Crippen molar-refractivity contribution in [2.45, 2.75) is 20.8 Å². The largest absolute Gasteiger partial charge is 0.465 e. The summed E-state index contributed by atoms with van der Waals surface area (Å²) in [5.41, 5.74) is 0. The Morgan fingerprint density at radius 1 is 0.652 bits per heavy atom. The molecule has 9 heteroatoms. The van der Waals surface area contributed by atoms with Crippen LogP contribution in [0.3, 0.4) is 0 Å². The minimum atomic E-state index is -0.653. The second-order valence-electron chi connectivity index (χ2n) is 4.52. The number of rotatable bonds is 11. The first-order chi connectivity index (χ1) is 10.8. The van der Waals surface area contributed by atoms with Crippen LogP contribution in [0.1, 0.15) is 20.8 Å². The minimum Gasteiger partial charge on any atom is -0.465 e. The van der Waals surface area contributed by atoms with Crippen LogP contribution in [0.4, 0.5) is 0 Å². The van der Waals surface area contributed by atoms with Crippen molar-refractivity contribution in [3.8, 4) is 0 Å². The smallest absolute Gasteiger partial charge is 0.344 e. The molecule has 0 aliphatic rings. The van der Waals surface area contributed by atoms with Crippen molar-refractivity contribution in [1.82, 2.24) is 4.90 Å². The molecule has 23 heavy (non-hydrogen) atoms. The first-order valence-electron chi connectivity index (χ1n) is 7.09. The molecule has 0 N–H and O–H groups in total. The normalized spacial score (nSPS) is 10.1. The van der Waals surface area contributed by atoms with E-state index in [-0.39, 0.29) is 19.8 Å². The van der Waals surface area contributed by atoms with Crippen molar-refractivity contribution in [3.63, 3.8) is 0 Å². The number of esters is 4. The van der Waals surface area contributed by atoms with Gasteiger partial charge in [-0.2, -0.15) is 0 Å². The fourth-order valence-corrected chi connectivity index (χ4v) is 1.46. The molecular formula is C14H23NO8. The van der Waals surface area contributed by atoms with E-state index in [0.717, 1.165) is 0 Å². The van der Waals surface area contributed by atoms with Crippen LogP contribution in [-0.4, -0.2) is 74.8 Å². The second-order valence-corrected chi connectivity index (χ2v) is 4.52. The number of ether oxygens (including phenoxy) is 4. The molecule has 0 saturated carbocycles. The van der Waals surface area contributed by atoms with E-state index in [1.54, 1.807) is 0 Å². The minimum absolute atomic E-state index is 0.0697. The maximum atomic E-state index is 11.3. The Kier molecular flexibility index (Phi) is 11.2. The van der Waals surface area contributed by atoms with Gasteiger partial charge in [-0.15, -0.1) is 0 Å². The number of nitrogens with zero attached hydrogens (tertiary/aromatic N) is 1. The van der Waals surface area contributed by atoms with Crippen molar-refractivity contribution in [1.29, 1.82) is 0 Å². The Bertz CT molecular complexity index is 390. The maximum Gasteiger partial charge on any atom is 0.344 e. The molecule has 0 unspecified atom stereocenters. The van der Waals surface area contributed by atoms with Crippen LogP contribution >= 0.6 is 0 Å². The summed E-state index contributed by atoms with van der Waals surface area (Å²) in [5.74, 6) is -2.00. The zero-order valence-electron chi connectivity index (χ0n) is 13.7. The molecule has 0 radical (unpaired) electrons. The van der Waals surface area contributed by atoms with Crippen molar-refractivity contribution in [2.24, 2.45) is 0 Å². The molecule has 0 aliphatic carbocycles. The summed E-state index contributed by atoms with van der Waals surface area (Å²) < 4.78 is 19.1. The summed E-state index contributed by atoms with van der Waals surface area (Å²) in [4.78, 5) is 45.1. The molecule has 0 saturated heterocycles. The van der Waals surface area contributed by atoms with Gasteiger partial charge < -0.3 is 18.9 Å². The first kappa shape index (κ1) is 20.8. The van der Waals surface area contributed by atoms with E-state index >= 15 is 0 Å². The summed E-state index contributed by atoms with van der Waals surface area (Å²) in [5, 5.41) is 0. The number of hydrogen-bond acceptors (Lipinski definition) is 9. The van der Waals surface area contributed by atoms with Gasteiger partial charge in [-0.1, -0.05) is 0 Å². The second kappa shape index (κ2) is 12.4. The average molecular weight is 333 g/mol. The van der Waals surface area contributed by atoms with Crippen LogP contribution in [0.5, 0.6) is 0 Å². The molecule has 0 rings (SSSR count). The highest BCUT2D eigenvalue weighted by molar-refractivity contribution is 5.75. The molecular weight excluding hydrogens is 310 g/mol.